The fourth-order valence-electron chi connectivity index (χ4n) is 9.24. The van der Waals surface area contributed by atoms with Crippen molar-refractivity contribution in [3.8, 4) is 34.5 Å². The molecule has 2 unspecified atom stereocenters. The highest BCUT2D eigenvalue weighted by molar-refractivity contribution is 7.22. The Kier molecular flexibility index (Phi) is 21.1. The van der Waals surface area contributed by atoms with E-state index in [9.17, 15) is 4.79 Å². The number of allylic oxidation sites excluding steroid dienone is 1. The van der Waals surface area contributed by atoms with Gasteiger partial charge in [-0.25, -0.2) is 9.99 Å². The molecule has 7 aromatic carbocycles. The van der Waals surface area contributed by atoms with Gasteiger partial charge in [0.25, 0.3) is 0 Å². The van der Waals surface area contributed by atoms with E-state index in [4.69, 9.17) is 62.2 Å². The largest absolute Gasteiger partial charge is 0.494 e. The van der Waals surface area contributed by atoms with Crippen LogP contribution in [-0.2, 0) is 48.1 Å². The van der Waals surface area contributed by atoms with Crippen molar-refractivity contribution in [2.24, 2.45) is 5.10 Å². The van der Waals surface area contributed by atoms with E-state index in [0.717, 1.165) is 109 Å². The van der Waals surface area contributed by atoms with Crippen LogP contribution in [0.2, 0.25) is 0 Å². The smallest absolute Gasteiger partial charge is 0.311 e. The van der Waals surface area contributed by atoms with Crippen LogP contribution >= 0.6 is 11.3 Å². The lowest BCUT2D eigenvalue weighted by molar-refractivity contribution is -0.134. The topological polar surface area (TPSA) is 154 Å². The summed E-state index contributed by atoms with van der Waals surface area (Å²) in [6.45, 7) is 15.6. The molecular weight excluding hydrogens is 1080 g/mol. The second-order valence-corrected chi connectivity index (χ2v) is 21.7. The summed E-state index contributed by atoms with van der Waals surface area (Å²) in [7, 11) is 1.61. The van der Waals surface area contributed by atoms with E-state index >= 15 is 0 Å². The van der Waals surface area contributed by atoms with Crippen LogP contribution in [0, 0.1) is 0 Å². The summed E-state index contributed by atoms with van der Waals surface area (Å²) >= 11 is 1.56. The maximum atomic E-state index is 14.0. The highest BCUT2D eigenvalue weighted by Gasteiger charge is 2.24. The highest BCUT2D eigenvalue weighted by Crippen LogP contribution is 2.37. The molecule has 84 heavy (non-hydrogen) atoms. The molecule has 0 spiro atoms. The summed E-state index contributed by atoms with van der Waals surface area (Å²) in [4.78, 5) is 19.0. The first kappa shape index (κ1) is 59.2. The molecule has 16 heteroatoms. The van der Waals surface area contributed by atoms with E-state index in [2.05, 4.69) is 43.5 Å². The number of rotatable bonds is 36. The average molecular weight is 1160 g/mol. The van der Waals surface area contributed by atoms with Gasteiger partial charge in [-0.1, -0.05) is 91.2 Å². The van der Waals surface area contributed by atoms with Crippen LogP contribution in [0.3, 0.4) is 0 Å². The van der Waals surface area contributed by atoms with Crippen LogP contribution in [0.15, 0.2) is 163 Å². The number of ether oxygens (including phenoxy) is 11. The molecule has 10 rings (SSSR count). The quantitative estimate of drug-likeness (QED) is 0.00535. The first-order valence-corrected chi connectivity index (χ1v) is 29.7. The summed E-state index contributed by atoms with van der Waals surface area (Å²) < 4.78 is 65.7. The molecule has 0 saturated carbocycles. The molecule has 0 aliphatic carbocycles. The first-order valence-electron chi connectivity index (χ1n) is 28.8. The molecule has 3 heterocycles. The highest BCUT2D eigenvalue weighted by atomic mass is 32.1. The van der Waals surface area contributed by atoms with Gasteiger partial charge in [-0.2, -0.15) is 5.10 Å². The van der Waals surface area contributed by atoms with E-state index in [1.54, 1.807) is 24.7 Å². The molecule has 15 nitrogen and oxygen atoms in total. The molecule has 0 bridgehead atoms. The van der Waals surface area contributed by atoms with E-state index in [1.807, 2.05) is 115 Å². The molecule has 2 saturated heterocycles. The van der Waals surface area contributed by atoms with Gasteiger partial charge in [-0.05, 0) is 145 Å². The predicted molar refractivity (Wildman–Crippen MR) is 329 cm³/mol. The van der Waals surface area contributed by atoms with Gasteiger partial charge >= 0.3 is 5.97 Å². The summed E-state index contributed by atoms with van der Waals surface area (Å²) in [6.07, 6.45) is 8.00. The van der Waals surface area contributed by atoms with Gasteiger partial charge in [-0.15, -0.1) is 0 Å². The number of hydrogen-bond donors (Lipinski definition) is 0. The Balaban J connectivity index is 0.815. The van der Waals surface area contributed by atoms with E-state index in [0.29, 0.717) is 107 Å². The van der Waals surface area contributed by atoms with E-state index in [-0.39, 0.29) is 31.4 Å². The first-order chi connectivity index (χ1) is 41.2. The predicted octanol–water partition coefficient (Wildman–Crippen LogP) is 14.1. The minimum atomic E-state index is -0.374. The Morgan fingerprint density at radius 3 is 2.24 bits per heavy atom. The molecule has 2 atom stereocenters. The molecule has 0 N–H and O–H groups in total. The van der Waals surface area contributed by atoms with Crippen molar-refractivity contribution >= 4 is 60.4 Å². The second-order valence-electron chi connectivity index (χ2n) is 20.7. The second kappa shape index (κ2) is 30.0. The minimum absolute atomic E-state index is 0.0386. The van der Waals surface area contributed by atoms with Gasteiger partial charge in [-0.3, -0.25) is 4.79 Å². The minimum Gasteiger partial charge on any atom is -0.494 e. The Labute approximate surface area is 495 Å². The van der Waals surface area contributed by atoms with Crippen molar-refractivity contribution < 1.29 is 56.9 Å². The van der Waals surface area contributed by atoms with Crippen molar-refractivity contribution in [2.45, 2.75) is 83.9 Å². The number of thiazole rings is 1. The van der Waals surface area contributed by atoms with Crippen molar-refractivity contribution in [2.75, 3.05) is 71.5 Å². The summed E-state index contributed by atoms with van der Waals surface area (Å²) in [6, 6.07) is 43.7. The van der Waals surface area contributed by atoms with Gasteiger partial charge < -0.3 is 52.1 Å². The third-order valence-corrected chi connectivity index (χ3v) is 15.1. The monoisotopic (exact) mass is 1160 g/mol. The number of hydrogen-bond acceptors (Lipinski definition) is 16. The van der Waals surface area contributed by atoms with Crippen molar-refractivity contribution in [3.05, 3.63) is 180 Å². The van der Waals surface area contributed by atoms with Gasteiger partial charge in [0.15, 0.2) is 17.8 Å². The normalized spacial score (nSPS) is 14.4. The van der Waals surface area contributed by atoms with Crippen LogP contribution in [0.5, 0.6) is 34.5 Å². The van der Waals surface area contributed by atoms with Gasteiger partial charge in [0.2, 0.25) is 5.13 Å². The number of para-hydroxylation sites is 1. The standard InChI is InChI=1S/C68H73N3O12S/c1-47(2)48(3)75-33-11-5-6-12-34-76-55-25-20-49(21-26-55)22-30-65(72)83-67-53(41-69-71(31-13-32-74-44-58-45-80-58)68-70-61-17-9-10-18-64(61)84-68)38-54(59-15-7-8-16-60(59)67)43-79-57-28-29-62(63(40-57)73-4)81-42-50-19-23-52-39-56(27-24-51(52)37-50)77-35-14-36-78-66-46-82-66/h7-10,15-21,23-29,37-41,58,66H,1,3,5-6,11-14,22,30-36,42-46H2,2,4H3/b69-41+. The number of carbonyl (C=O) groups is 1. The molecular formula is C68H73N3O12S. The van der Waals surface area contributed by atoms with Crippen LogP contribution in [0.4, 0.5) is 5.13 Å². The number of methoxy groups -OCH3 is 1. The Hall–Kier alpha value is -7.99. The van der Waals surface area contributed by atoms with E-state index < -0.39 is 0 Å². The number of aryl methyl sites for hydroxylation is 1. The number of esters is 1. The van der Waals surface area contributed by atoms with Crippen LogP contribution in [0.1, 0.15) is 74.1 Å². The fraction of sp³-hybridized carbons (Fsp3) is 0.338. The number of fused-ring (bicyclic) bond motifs is 3. The third-order valence-electron chi connectivity index (χ3n) is 14.1. The van der Waals surface area contributed by atoms with Crippen molar-refractivity contribution in [3.63, 3.8) is 0 Å². The zero-order valence-electron chi connectivity index (χ0n) is 47.9. The SMILES string of the molecule is C=C(C)C(=C)OCCCCCCOc1ccc(CCC(=O)Oc2c(/C=N/N(CCCOCC3CO3)c3nc4ccccc4s3)cc(COc3ccc(OCc4ccc5cc(OCCCOC6CO6)ccc5c4)c(OC)c3)c3ccccc23)cc1. The lowest BCUT2D eigenvalue weighted by atomic mass is 10.00. The molecule has 2 aliphatic rings. The number of anilines is 1. The summed E-state index contributed by atoms with van der Waals surface area (Å²) in [5, 5.41) is 11.5. The number of unbranched alkanes of at least 4 members (excludes halogenated alkanes) is 3. The fourth-order valence-corrected chi connectivity index (χ4v) is 10.2. The van der Waals surface area contributed by atoms with Crippen LogP contribution < -0.4 is 33.4 Å². The number of nitrogens with zero attached hydrogens (tertiary/aromatic N) is 3. The van der Waals surface area contributed by atoms with Crippen molar-refractivity contribution in [1.82, 2.24) is 4.98 Å². The van der Waals surface area contributed by atoms with Crippen LogP contribution in [-0.4, -0.2) is 96.1 Å². The van der Waals surface area contributed by atoms with Crippen LogP contribution in [0.25, 0.3) is 31.8 Å². The number of hydrazone groups is 1. The molecule has 2 aliphatic heterocycles. The number of carbonyl (C=O) groups excluding carboxylic acids is 1. The van der Waals surface area contributed by atoms with Gasteiger partial charge in [0.1, 0.15) is 54.7 Å². The summed E-state index contributed by atoms with van der Waals surface area (Å²) in [5.41, 5.74) is 5.20. The number of epoxide rings is 2. The van der Waals surface area contributed by atoms with Gasteiger partial charge in [0.05, 0.1) is 63.2 Å². The zero-order chi connectivity index (χ0) is 57.9. The average Bonchev–Trinajstić information content (AvgIpc) is 4.24. The Bertz CT molecular complexity index is 3490. The third kappa shape index (κ3) is 17.5. The number of benzene rings is 7. The molecule has 1 aromatic heterocycles. The maximum Gasteiger partial charge on any atom is 0.311 e. The molecule has 438 valence electrons. The molecule has 2 fully saturated rings. The van der Waals surface area contributed by atoms with Crippen molar-refractivity contribution in [1.29, 1.82) is 0 Å². The maximum absolute atomic E-state index is 14.0. The molecule has 8 aromatic rings. The lowest BCUT2D eigenvalue weighted by Gasteiger charge is -2.18. The molecule has 0 amide bonds. The summed E-state index contributed by atoms with van der Waals surface area (Å²) in [5.74, 6) is 3.98. The molecule has 0 radical (unpaired) electrons. The van der Waals surface area contributed by atoms with E-state index in [1.165, 1.54) is 0 Å². The Morgan fingerprint density at radius 2 is 1.43 bits per heavy atom. The Morgan fingerprint density at radius 1 is 0.702 bits per heavy atom. The zero-order valence-corrected chi connectivity index (χ0v) is 48.7. The van der Waals surface area contributed by atoms with Gasteiger partial charge in [0, 0.05) is 43.0 Å². The lowest BCUT2D eigenvalue weighted by Crippen LogP contribution is -2.20. The number of aromatic nitrogens is 1.